The number of hydrogen-bond acceptors (Lipinski definition) is 3. The molecule has 0 bridgehead atoms. The Balaban J connectivity index is 1.96. The lowest BCUT2D eigenvalue weighted by molar-refractivity contribution is 0.0422. The summed E-state index contributed by atoms with van der Waals surface area (Å²) in [5.41, 5.74) is 0. The third-order valence-electron chi connectivity index (χ3n) is 2.15. The van der Waals surface area contributed by atoms with E-state index in [1.54, 1.807) is 0 Å². The van der Waals surface area contributed by atoms with E-state index in [1.165, 1.54) is 0 Å². The topological polar surface area (TPSA) is 43.7 Å². The number of hydrogen-bond donors (Lipinski definition) is 2. The van der Waals surface area contributed by atoms with Crippen LogP contribution in [0.5, 0.6) is 0 Å². The number of aliphatic hydroxyl groups is 2. The largest absolute Gasteiger partial charge is 0.396 e. The van der Waals surface area contributed by atoms with Gasteiger partial charge in [-0.15, -0.1) is 0 Å². The van der Waals surface area contributed by atoms with Crippen molar-refractivity contribution in [1.29, 1.82) is 0 Å². The summed E-state index contributed by atoms with van der Waals surface area (Å²) < 4.78 is 0. The van der Waals surface area contributed by atoms with Crippen molar-refractivity contribution in [3.63, 3.8) is 0 Å². The van der Waals surface area contributed by atoms with E-state index in [1.807, 2.05) is 6.92 Å². The van der Waals surface area contributed by atoms with Crippen molar-refractivity contribution in [2.45, 2.75) is 19.4 Å². The third kappa shape index (κ3) is 2.77. The van der Waals surface area contributed by atoms with Crippen LogP contribution in [-0.4, -0.2) is 47.5 Å². The van der Waals surface area contributed by atoms with Crippen molar-refractivity contribution in [3.05, 3.63) is 0 Å². The summed E-state index contributed by atoms with van der Waals surface area (Å²) in [6.07, 6.45) is 0.654. The van der Waals surface area contributed by atoms with Crippen LogP contribution in [0, 0.1) is 5.92 Å². The van der Waals surface area contributed by atoms with Crippen molar-refractivity contribution < 1.29 is 10.2 Å². The molecule has 0 aromatic carbocycles. The van der Waals surface area contributed by atoms with E-state index in [4.69, 9.17) is 10.2 Å². The van der Waals surface area contributed by atoms with Gasteiger partial charge in [0.2, 0.25) is 0 Å². The van der Waals surface area contributed by atoms with Gasteiger partial charge in [0.15, 0.2) is 0 Å². The first-order valence-corrected chi connectivity index (χ1v) is 4.23. The molecule has 0 amide bonds. The lowest BCUT2D eigenvalue weighted by atomic mass is 10.0. The Morgan fingerprint density at radius 3 is 2.64 bits per heavy atom. The Morgan fingerprint density at radius 2 is 2.18 bits per heavy atom. The number of likely N-dealkylation sites (tertiary alicyclic amines) is 1. The van der Waals surface area contributed by atoms with Gasteiger partial charge in [0, 0.05) is 32.2 Å². The molecule has 0 aromatic rings. The second-order valence-electron chi connectivity index (χ2n) is 3.45. The van der Waals surface area contributed by atoms with Gasteiger partial charge in [0.25, 0.3) is 0 Å². The molecule has 0 aromatic heterocycles. The Labute approximate surface area is 67.6 Å². The Kier molecular flexibility index (Phi) is 3.30. The van der Waals surface area contributed by atoms with E-state index >= 15 is 0 Å². The van der Waals surface area contributed by atoms with E-state index in [-0.39, 0.29) is 6.10 Å². The fraction of sp³-hybridized carbons (Fsp3) is 1.00. The number of aliphatic hydroxyl groups excluding tert-OH is 2. The summed E-state index contributed by atoms with van der Waals surface area (Å²) in [5.74, 6) is 0.490. The molecule has 1 aliphatic heterocycles. The molecule has 0 spiro atoms. The SMILES string of the molecule is CC(O)CCN1CC(CO)C1. The highest BCUT2D eigenvalue weighted by atomic mass is 16.3. The maximum atomic E-state index is 8.97. The first kappa shape index (κ1) is 8.97. The van der Waals surface area contributed by atoms with Gasteiger partial charge in [-0.05, 0) is 13.3 Å². The van der Waals surface area contributed by atoms with Crippen molar-refractivity contribution in [1.82, 2.24) is 4.90 Å². The first-order chi connectivity index (χ1) is 5.22. The number of rotatable bonds is 4. The first-order valence-electron chi connectivity index (χ1n) is 4.23. The summed E-state index contributed by atoms with van der Waals surface area (Å²) in [7, 11) is 0. The van der Waals surface area contributed by atoms with Crippen molar-refractivity contribution in [2.24, 2.45) is 5.92 Å². The molecule has 3 heteroatoms. The minimum Gasteiger partial charge on any atom is -0.396 e. The average molecular weight is 159 g/mol. The summed E-state index contributed by atoms with van der Waals surface area (Å²) in [6, 6.07) is 0. The third-order valence-corrected chi connectivity index (χ3v) is 2.15. The molecule has 1 rings (SSSR count). The van der Waals surface area contributed by atoms with E-state index in [0.29, 0.717) is 12.5 Å². The minimum atomic E-state index is -0.192. The zero-order valence-corrected chi connectivity index (χ0v) is 7.03. The lowest BCUT2D eigenvalue weighted by Crippen LogP contribution is -2.48. The quantitative estimate of drug-likeness (QED) is 0.591. The molecule has 3 nitrogen and oxygen atoms in total. The molecule has 1 saturated heterocycles. The second-order valence-corrected chi connectivity index (χ2v) is 3.45. The van der Waals surface area contributed by atoms with Crippen molar-refractivity contribution in [2.75, 3.05) is 26.2 Å². The molecule has 0 aliphatic carbocycles. The molecule has 1 atom stereocenters. The fourth-order valence-corrected chi connectivity index (χ4v) is 1.34. The average Bonchev–Trinajstić information content (AvgIpc) is 1.84. The van der Waals surface area contributed by atoms with Gasteiger partial charge in [0.1, 0.15) is 0 Å². The molecule has 0 radical (unpaired) electrons. The Bertz CT molecular complexity index is 111. The standard InChI is InChI=1S/C8H17NO2/c1-7(11)2-3-9-4-8(5-9)6-10/h7-8,10-11H,2-6H2,1H3. The van der Waals surface area contributed by atoms with Crippen molar-refractivity contribution in [3.8, 4) is 0 Å². The van der Waals surface area contributed by atoms with Crippen LogP contribution in [0.4, 0.5) is 0 Å². The molecule has 1 aliphatic rings. The molecule has 0 saturated carbocycles. The van der Waals surface area contributed by atoms with Crippen LogP contribution in [0.1, 0.15) is 13.3 Å². The highest BCUT2D eigenvalue weighted by molar-refractivity contribution is 4.78. The lowest BCUT2D eigenvalue weighted by Gasteiger charge is -2.38. The van der Waals surface area contributed by atoms with Crippen LogP contribution in [0.25, 0.3) is 0 Å². The Hall–Kier alpha value is -0.120. The fourth-order valence-electron chi connectivity index (χ4n) is 1.34. The van der Waals surface area contributed by atoms with Gasteiger partial charge >= 0.3 is 0 Å². The molecule has 1 heterocycles. The highest BCUT2D eigenvalue weighted by Gasteiger charge is 2.25. The molecular weight excluding hydrogens is 142 g/mol. The zero-order chi connectivity index (χ0) is 8.27. The van der Waals surface area contributed by atoms with Crippen LogP contribution in [0.15, 0.2) is 0 Å². The van der Waals surface area contributed by atoms with Gasteiger partial charge in [-0.2, -0.15) is 0 Å². The molecule has 11 heavy (non-hydrogen) atoms. The van der Waals surface area contributed by atoms with Gasteiger partial charge < -0.3 is 15.1 Å². The molecule has 2 N–H and O–H groups in total. The smallest absolute Gasteiger partial charge is 0.0524 e. The molecule has 1 fully saturated rings. The summed E-state index contributed by atoms with van der Waals surface area (Å²) in [4.78, 5) is 2.26. The molecular formula is C8H17NO2. The monoisotopic (exact) mass is 159 g/mol. The zero-order valence-electron chi connectivity index (χ0n) is 7.03. The molecule has 1 unspecified atom stereocenters. The normalized spacial score (nSPS) is 23.2. The van der Waals surface area contributed by atoms with E-state index in [9.17, 15) is 0 Å². The van der Waals surface area contributed by atoms with Crippen LogP contribution in [0.2, 0.25) is 0 Å². The van der Waals surface area contributed by atoms with E-state index in [2.05, 4.69) is 4.90 Å². The van der Waals surface area contributed by atoms with Gasteiger partial charge in [-0.1, -0.05) is 0 Å². The number of nitrogens with zero attached hydrogens (tertiary/aromatic N) is 1. The summed E-state index contributed by atoms with van der Waals surface area (Å²) in [6.45, 7) is 5.09. The summed E-state index contributed by atoms with van der Waals surface area (Å²) in [5, 5.41) is 17.7. The minimum absolute atomic E-state index is 0.192. The van der Waals surface area contributed by atoms with Crippen LogP contribution < -0.4 is 0 Å². The van der Waals surface area contributed by atoms with Gasteiger partial charge in [0.05, 0.1) is 6.10 Å². The summed E-state index contributed by atoms with van der Waals surface area (Å²) >= 11 is 0. The predicted octanol–water partition coefficient (Wildman–Crippen LogP) is -0.319. The van der Waals surface area contributed by atoms with E-state index in [0.717, 1.165) is 26.1 Å². The second kappa shape index (κ2) is 4.04. The van der Waals surface area contributed by atoms with Gasteiger partial charge in [-0.25, -0.2) is 0 Å². The Morgan fingerprint density at radius 1 is 1.55 bits per heavy atom. The molecule has 66 valence electrons. The highest BCUT2D eigenvalue weighted by Crippen LogP contribution is 2.14. The van der Waals surface area contributed by atoms with Crippen LogP contribution >= 0.6 is 0 Å². The van der Waals surface area contributed by atoms with Crippen molar-refractivity contribution >= 4 is 0 Å². The van der Waals surface area contributed by atoms with Crippen LogP contribution in [-0.2, 0) is 0 Å². The van der Waals surface area contributed by atoms with Gasteiger partial charge in [-0.3, -0.25) is 0 Å². The predicted molar refractivity (Wildman–Crippen MR) is 43.3 cm³/mol. The maximum Gasteiger partial charge on any atom is 0.0524 e. The maximum absolute atomic E-state index is 8.97. The van der Waals surface area contributed by atoms with Crippen LogP contribution in [0.3, 0.4) is 0 Å². The van der Waals surface area contributed by atoms with E-state index < -0.39 is 0 Å².